The van der Waals surface area contributed by atoms with Crippen molar-refractivity contribution in [3.63, 3.8) is 0 Å². The van der Waals surface area contributed by atoms with Gasteiger partial charge < -0.3 is 9.47 Å². The summed E-state index contributed by atoms with van der Waals surface area (Å²) in [6.07, 6.45) is 4.52. The lowest BCUT2D eigenvalue weighted by Gasteiger charge is -2.20. The Morgan fingerprint density at radius 2 is 2.00 bits per heavy atom. The van der Waals surface area contributed by atoms with Crippen molar-refractivity contribution in [3.8, 4) is 11.3 Å². The van der Waals surface area contributed by atoms with E-state index in [2.05, 4.69) is 27.3 Å². The van der Waals surface area contributed by atoms with Crippen molar-refractivity contribution in [2.45, 2.75) is 19.5 Å². The zero-order chi connectivity index (χ0) is 25.5. The summed E-state index contributed by atoms with van der Waals surface area (Å²) in [5.41, 5.74) is 4.40. The molecule has 9 heteroatoms. The maximum absolute atomic E-state index is 13.2. The van der Waals surface area contributed by atoms with Crippen molar-refractivity contribution < 1.29 is 4.79 Å². The van der Waals surface area contributed by atoms with Gasteiger partial charge in [-0.1, -0.05) is 18.2 Å². The van der Waals surface area contributed by atoms with E-state index in [-0.39, 0.29) is 11.5 Å². The average molecular weight is 511 g/mol. The third-order valence-corrected chi connectivity index (χ3v) is 7.85. The standard InChI is InChI=1S/C28H26N6O2S/c1-32-12-10-25-23(17-32)30-28(37-25)31-26(35)21-5-3-4-18(14-21)16-34-13-9-19-15-20(6-7-22(19)27(34)36)24-8-11-29-33(24)2/h3-9,11,13-15H,10,12,16-17H2,1-2H3,(H,30,31,35). The van der Waals surface area contributed by atoms with Crippen LogP contribution in [0.3, 0.4) is 0 Å². The molecular formula is C28H26N6O2S. The smallest absolute Gasteiger partial charge is 0.258 e. The molecule has 5 aromatic rings. The average Bonchev–Trinajstić information content (AvgIpc) is 3.50. The molecule has 0 radical (unpaired) electrons. The van der Waals surface area contributed by atoms with Gasteiger partial charge in [0.1, 0.15) is 0 Å². The van der Waals surface area contributed by atoms with E-state index in [0.29, 0.717) is 22.6 Å². The van der Waals surface area contributed by atoms with Crippen molar-refractivity contribution in [1.82, 2.24) is 24.2 Å². The number of hydrogen-bond donors (Lipinski definition) is 1. The second-order valence-corrected chi connectivity index (χ2v) is 10.5. The highest BCUT2D eigenvalue weighted by Crippen LogP contribution is 2.28. The summed E-state index contributed by atoms with van der Waals surface area (Å²) < 4.78 is 3.49. The van der Waals surface area contributed by atoms with Crippen molar-refractivity contribution in [1.29, 1.82) is 0 Å². The van der Waals surface area contributed by atoms with Crippen LogP contribution in [0.4, 0.5) is 5.13 Å². The highest BCUT2D eigenvalue weighted by Gasteiger charge is 2.19. The van der Waals surface area contributed by atoms with Gasteiger partial charge >= 0.3 is 0 Å². The van der Waals surface area contributed by atoms with E-state index in [1.165, 1.54) is 4.88 Å². The van der Waals surface area contributed by atoms with E-state index in [9.17, 15) is 9.59 Å². The first kappa shape index (κ1) is 23.3. The number of aryl methyl sites for hydroxylation is 1. The molecular weight excluding hydrogens is 484 g/mol. The lowest BCUT2D eigenvalue weighted by Crippen LogP contribution is -2.25. The summed E-state index contributed by atoms with van der Waals surface area (Å²) in [4.78, 5) is 34.3. The van der Waals surface area contributed by atoms with Crippen molar-refractivity contribution in [2.75, 3.05) is 18.9 Å². The molecule has 2 aromatic carbocycles. The van der Waals surface area contributed by atoms with E-state index in [1.54, 1.807) is 28.2 Å². The highest BCUT2D eigenvalue weighted by atomic mass is 32.1. The van der Waals surface area contributed by atoms with Gasteiger partial charge in [0.15, 0.2) is 5.13 Å². The van der Waals surface area contributed by atoms with Crippen molar-refractivity contribution >= 4 is 33.1 Å². The maximum atomic E-state index is 13.2. The summed E-state index contributed by atoms with van der Waals surface area (Å²) in [6.45, 7) is 2.18. The Bertz CT molecular complexity index is 1700. The SMILES string of the molecule is CN1CCc2sc(NC(=O)c3cccc(Cn4ccc5cc(-c6ccnn6C)ccc5c4=O)c3)nc2C1. The van der Waals surface area contributed by atoms with Crippen LogP contribution in [0.5, 0.6) is 0 Å². The number of nitrogens with zero attached hydrogens (tertiary/aromatic N) is 5. The Morgan fingerprint density at radius 3 is 2.84 bits per heavy atom. The lowest BCUT2D eigenvalue weighted by molar-refractivity contribution is 0.102. The van der Waals surface area contributed by atoms with Gasteiger partial charge in [-0.25, -0.2) is 4.98 Å². The Kier molecular flexibility index (Phi) is 5.94. The van der Waals surface area contributed by atoms with Crippen LogP contribution >= 0.6 is 11.3 Å². The topological polar surface area (TPSA) is 85.0 Å². The van der Waals surface area contributed by atoms with Crippen LogP contribution in [-0.2, 0) is 26.6 Å². The molecule has 8 nitrogen and oxygen atoms in total. The molecule has 1 amide bonds. The first-order valence-corrected chi connectivity index (χ1v) is 13.0. The van der Waals surface area contributed by atoms with Crippen molar-refractivity contribution in [2.24, 2.45) is 7.05 Å². The minimum absolute atomic E-state index is 0.0674. The van der Waals surface area contributed by atoms with Gasteiger partial charge in [0, 0.05) is 53.9 Å². The van der Waals surface area contributed by atoms with Crippen LogP contribution in [0.15, 0.2) is 71.8 Å². The number of amides is 1. The number of fused-ring (bicyclic) bond motifs is 2. The van der Waals surface area contributed by atoms with Crippen LogP contribution in [0.25, 0.3) is 22.0 Å². The van der Waals surface area contributed by atoms with Gasteiger partial charge in [-0.15, -0.1) is 11.3 Å². The number of pyridine rings is 1. The number of aromatic nitrogens is 4. The van der Waals surface area contributed by atoms with Gasteiger partial charge in [0.25, 0.3) is 11.5 Å². The summed E-state index contributed by atoms with van der Waals surface area (Å²) >= 11 is 1.55. The van der Waals surface area contributed by atoms with Crippen LogP contribution < -0.4 is 10.9 Å². The van der Waals surface area contributed by atoms with E-state index in [1.807, 2.05) is 66.5 Å². The van der Waals surface area contributed by atoms with Crippen LogP contribution in [0.1, 0.15) is 26.5 Å². The van der Waals surface area contributed by atoms with Crippen LogP contribution in [0, 0.1) is 0 Å². The normalized spacial score (nSPS) is 13.6. The number of anilines is 1. The molecule has 0 bridgehead atoms. The number of nitrogens with one attached hydrogen (secondary N) is 1. The van der Waals surface area contributed by atoms with E-state index >= 15 is 0 Å². The van der Waals surface area contributed by atoms with Crippen LogP contribution in [-0.4, -0.2) is 43.7 Å². The van der Waals surface area contributed by atoms with E-state index < -0.39 is 0 Å². The molecule has 0 saturated heterocycles. The maximum Gasteiger partial charge on any atom is 0.258 e. The van der Waals surface area contributed by atoms with Gasteiger partial charge in [-0.2, -0.15) is 5.10 Å². The predicted molar refractivity (Wildman–Crippen MR) is 146 cm³/mol. The Hall–Kier alpha value is -4.08. The number of hydrogen-bond acceptors (Lipinski definition) is 6. The van der Waals surface area contributed by atoms with E-state index in [4.69, 9.17) is 0 Å². The Labute approximate surface area is 217 Å². The minimum atomic E-state index is -0.199. The number of carbonyl (C=O) groups is 1. The summed E-state index contributed by atoms with van der Waals surface area (Å²) in [5.74, 6) is -0.199. The second kappa shape index (κ2) is 9.42. The van der Waals surface area contributed by atoms with Gasteiger partial charge in [0.2, 0.25) is 0 Å². The fourth-order valence-electron chi connectivity index (χ4n) is 4.79. The molecule has 0 unspecified atom stereocenters. The monoisotopic (exact) mass is 510 g/mol. The van der Waals surface area contributed by atoms with Gasteiger partial charge in [-0.05, 0) is 60.8 Å². The molecule has 0 spiro atoms. The number of thiazole rings is 1. The number of benzene rings is 2. The third kappa shape index (κ3) is 4.59. The second-order valence-electron chi connectivity index (χ2n) is 9.42. The first-order chi connectivity index (χ1) is 17.9. The zero-order valence-corrected chi connectivity index (χ0v) is 21.5. The number of carbonyl (C=O) groups excluding carboxylic acids is 1. The zero-order valence-electron chi connectivity index (χ0n) is 20.6. The van der Waals surface area contributed by atoms with Gasteiger partial charge in [-0.3, -0.25) is 19.6 Å². The summed E-state index contributed by atoms with van der Waals surface area (Å²) in [6, 6.07) is 17.1. The highest BCUT2D eigenvalue weighted by molar-refractivity contribution is 7.15. The number of likely N-dealkylation sites (N-methyl/N-ethyl adjacent to an activating group) is 1. The Morgan fingerprint density at radius 1 is 1.11 bits per heavy atom. The van der Waals surface area contributed by atoms with Crippen molar-refractivity contribution in [3.05, 3.63) is 99.0 Å². The molecule has 0 saturated carbocycles. The molecule has 3 aromatic heterocycles. The molecule has 37 heavy (non-hydrogen) atoms. The molecule has 4 heterocycles. The molecule has 1 aliphatic rings. The largest absolute Gasteiger partial charge is 0.311 e. The fourth-order valence-corrected chi connectivity index (χ4v) is 5.74. The summed E-state index contributed by atoms with van der Waals surface area (Å²) in [7, 11) is 3.97. The van der Waals surface area contributed by atoms with Gasteiger partial charge in [0.05, 0.1) is 17.9 Å². The molecule has 0 aliphatic carbocycles. The van der Waals surface area contributed by atoms with E-state index in [0.717, 1.165) is 47.4 Å². The third-order valence-electron chi connectivity index (χ3n) is 6.77. The molecule has 0 fully saturated rings. The molecule has 1 aliphatic heterocycles. The molecule has 0 atom stereocenters. The lowest BCUT2D eigenvalue weighted by atomic mass is 10.1. The fraction of sp³-hybridized carbons (Fsp3) is 0.214. The predicted octanol–water partition coefficient (Wildman–Crippen LogP) is 4.15. The quantitative estimate of drug-likeness (QED) is 0.384. The first-order valence-electron chi connectivity index (χ1n) is 12.1. The number of rotatable bonds is 5. The van der Waals surface area contributed by atoms with Crippen LogP contribution in [0.2, 0.25) is 0 Å². The molecule has 186 valence electrons. The molecule has 1 N–H and O–H groups in total. The Balaban J connectivity index is 1.21. The molecule has 6 rings (SSSR count). The minimum Gasteiger partial charge on any atom is -0.311 e. The summed E-state index contributed by atoms with van der Waals surface area (Å²) in [5, 5.41) is 9.35.